The summed E-state index contributed by atoms with van der Waals surface area (Å²) in [6.45, 7) is 5.56. The predicted octanol–water partition coefficient (Wildman–Crippen LogP) is 4.47. The number of nitrogens with zero attached hydrogens (tertiary/aromatic N) is 4. The monoisotopic (exact) mass is 504 g/mol. The van der Waals surface area contributed by atoms with Gasteiger partial charge in [0.25, 0.3) is 5.91 Å². The number of benzene rings is 1. The van der Waals surface area contributed by atoms with Crippen molar-refractivity contribution in [3.63, 3.8) is 0 Å². The third-order valence-corrected chi connectivity index (χ3v) is 7.56. The van der Waals surface area contributed by atoms with Crippen molar-refractivity contribution in [1.29, 1.82) is 0 Å². The van der Waals surface area contributed by atoms with Crippen LogP contribution in [0, 0.1) is 5.92 Å². The lowest BCUT2D eigenvalue weighted by atomic mass is 9.81. The van der Waals surface area contributed by atoms with Crippen LogP contribution in [0.1, 0.15) is 74.4 Å². The van der Waals surface area contributed by atoms with E-state index in [2.05, 4.69) is 24.8 Å². The molecule has 1 fully saturated rings. The lowest BCUT2D eigenvalue weighted by molar-refractivity contribution is -0.0496. The van der Waals surface area contributed by atoms with E-state index in [0.29, 0.717) is 22.6 Å². The summed E-state index contributed by atoms with van der Waals surface area (Å²) in [5, 5.41) is 7.04. The van der Waals surface area contributed by atoms with Crippen molar-refractivity contribution < 1.29 is 18.1 Å². The van der Waals surface area contributed by atoms with Gasteiger partial charge in [-0.15, -0.1) is 0 Å². The van der Waals surface area contributed by atoms with E-state index < -0.39 is 28.1 Å². The fourth-order valence-corrected chi connectivity index (χ4v) is 4.69. The Hall–Kier alpha value is -2.79. The molecule has 0 saturated heterocycles. The molecular weight excluding hydrogens is 474 g/mol. The van der Waals surface area contributed by atoms with Gasteiger partial charge in [-0.25, -0.2) is 13.8 Å². The zero-order valence-electron chi connectivity index (χ0n) is 20.2. The van der Waals surface area contributed by atoms with Crippen LogP contribution in [-0.2, 0) is 18.4 Å². The number of fused-ring (bicyclic) bond motifs is 1. The van der Waals surface area contributed by atoms with Crippen molar-refractivity contribution in [3.05, 3.63) is 47.5 Å². The Morgan fingerprint density at radius 2 is 2.06 bits per heavy atom. The van der Waals surface area contributed by atoms with Gasteiger partial charge in [0.15, 0.2) is 0 Å². The van der Waals surface area contributed by atoms with E-state index in [-0.39, 0.29) is 37.5 Å². The SMILES string of the molecule is Cn1nccc1C(=O)N[C@H](c1nc2ccc(C=N[S+]([O-])C(C)(C)C)cc2[nH]1)C1CCC(F)(F)CC1. The number of amides is 1. The number of aromatic nitrogens is 4. The quantitative estimate of drug-likeness (QED) is 0.381. The third kappa shape index (κ3) is 5.90. The molecular formula is C24H30F2N6O2S. The Morgan fingerprint density at radius 1 is 1.34 bits per heavy atom. The summed E-state index contributed by atoms with van der Waals surface area (Å²) in [6, 6.07) is 6.51. The first-order valence-electron chi connectivity index (χ1n) is 11.6. The summed E-state index contributed by atoms with van der Waals surface area (Å²) < 4.78 is 45.1. The molecule has 2 atom stereocenters. The van der Waals surface area contributed by atoms with Crippen LogP contribution >= 0.6 is 0 Å². The number of aromatic amines is 1. The van der Waals surface area contributed by atoms with E-state index in [1.165, 1.54) is 10.9 Å². The molecule has 2 N–H and O–H groups in total. The van der Waals surface area contributed by atoms with Gasteiger partial charge in [0.1, 0.15) is 27.6 Å². The zero-order chi connectivity index (χ0) is 25.4. The standard InChI is InChI=1S/C24H30F2N6O2S/c1-23(2,3)35(34)28-14-15-5-6-17-18(13-15)30-21(29-17)20(16-7-10-24(25,26)11-8-16)31-22(33)19-9-12-27-32(19)4/h5-6,9,12-14,16,20H,7-8,10-11H2,1-4H3,(H,29,30)(H,31,33)/t20-,35?/m0/s1. The normalized spacial score (nSPS) is 18.7. The van der Waals surface area contributed by atoms with Crippen molar-refractivity contribution in [2.75, 3.05) is 0 Å². The molecule has 2 heterocycles. The number of carbonyl (C=O) groups is 1. The summed E-state index contributed by atoms with van der Waals surface area (Å²) >= 11 is -1.38. The number of imidazole rings is 1. The largest absolute Gasteiger partial charge is 0.591 e. The molecule has 1 saturated carbocycles. The topological polar surface area (TPSA) is 111 Å². The fraction of sp³-hybridized carbons (Fsp3) is 0.500. The molecule has 4 rings (SSSR count). The highest BCUT2D eigenvalue weighted by molar-refractivity contribution is 7.91. The molecule has 11 heteroatoms. The minimum Gasteiger partial charge on any atom is -0.591 e. The van der Waals surface area contributed by atoms with Crippen molar-refractivity contribution in [2.24, 2.45) is 17.4 Å². The van der Waals surface area contributed by atoms with Crippen LogP contribution in [0.15, 0.2) is 34.9 Å². The predicted molar refractivity (Wildman–Crippen MR) is 132 cm³/mol. The van der Waals surface area contributed by atoms with Gasteiger partial charge in [0.05, 0.1) is 23.3 Å². The number of nitrogens with one attached hydrogen (secondary N) is 2. The molecule has 0 radical (unpaired) electrons. The molecule has 0 spiro atoms. The first kappa shape index (κ1) is 25.3. The van der Waals surface area contributed by atoms with Crippen molar-refractivity contribution >= 4 is 34.5 Å². The van der Waals surface area contributed by atoms with Crippen molar-refractivity contribution in [2.45, 2.75) is 63.2 Å². The highest BCUT2D eigenvalue weighted by atomic mass is 32.2. The Morgan fingerprint density at radius 3 is 2.69 bits per heavy atom. The first-order chi connectivity index (χ1) is 16.4. The van der Waals surface area contributed by atoms with Crippen LogP contribution in [0.5, 0.6) is 0 Å². The Labute approximate surface area is 205 Å². The van der Waals surface area contributed by atoms with Gasteiger partial charge in [-0.3, -0.25) is 9.48 Å². The van der Waals surface area contributed by atoms with E-state index in [0.717, 1.165) is 5.56 Å². The first-order valence-corrected chi connectivity index (χ1v) is 12.7. The average Bonchev–Trinajstić information content (AvgIpc) is 3.40. The highest BCUT2D eigenvalue weighted by Gasteiger charge is 2.39. The molecule has 1 amide bonds. The number of alkyl halides is 2. The van der Waals surface area contributed by atoms with E-state index in [9.17, 15) is 18.1 Å². The molecule has 0 aliphatic heterocycles. The van der Waals surface area contributed by atoms with Gasteiger partial charge < -0.3 is 14.9 Å². The molecule has 1 unspecified atom stereocenters. The molecule has 188 valence electrons. The minimum atomic E-state index is -2.68. The number of H-pyrrole nitrogens is 1. The number of aryl methyl sites for hydroxylation is 1. The van der Waals surface area contributed by atoms with Crippen LogP contribution in [-0.4, -0.2) is 47.1 Å². The lowest BCUT2D eigenvalue weighted by Crippen LogP contribution is -2.38. The summed E-state index contributed by atoms with van der Waals surface area (Å²) in [5.74, 6) is -2.70. The number of carbonyl (C=O) groups excluding carboxylic acids is 1. The average molecular weight is 505 g/mol. The Kier molecular flexibility index (Phi) is 7.01. The molecule has 3 aromatic rings. The smallest absolute Gasteiger partial charge is 0.270 e. The van der Waals surface area contributed by atoms with Gasteiger partial charge in [-0.05, 0) is 63.3 Å². The Balaban J connectivity index is 1.62. The van der Waals surface area contributed by atoms with Crippen LogP contribution < -0.4 is 5.32 Å². The van der Waals surface area contributed by atoms with Crippen molar-refractivity contribution in [3.8, 4) is 0 Å². The lowest BCUT2D eigenvalue weighted by Gasteiger charge is -2.33. The molecule has 35 heavy (non-hydrogen) atoms. The number of halogens is 2. The number of hydrogen-bond donors (Lipinski definition) is 2. The van der Waals surface area contributed by atoms with Gasteiger partial charge in [-0.1, -0.05) is 10.5 Å². The Bertz CT molecular complexity index is 1220. The fourth-order valence-electron chi connectivity index (χ4n) is 4.16. The second kappa shape index (κ2) is 9.69. The summed E-state index contributed by atoms with van der Waals surface area (Å²) in [7, 11) is 1.67. The highest BCUT2D eigenvalue weighted by Crippen LogP contribution is 2.41. The molecule has 1 aliphatic carbocycles. The van der Waals surface area contributed by atoms with Gasteiger partial charge in [0.2, 0.25) is 5.92 Å². The summed E-state index contributed by atoms with van der Waals surface area (Å²) in [5.41, 5.74) is 2.51. The number of hydrogen-bond acceptors (Lipinski definition) is 5. The number of rotatable bonds is 6. The van der Waals surface area contributed by atoms with E-state index >= 15 is 0 Å². The molecule has 1 aliphatic rings. The van der Waals surface area contributed by atoms with E-state index in [4.69, 9.17) is 0 Å². The van der Waals surface area contributed by atoms with Crippen LogP contribution in [0.3, 0.4) is 0 Å². The molecule has 1 aromatic carbocycles. The van der Waals surface area contributed by atoms with Crippen molar-refractivity contribution in [1.82, 2.24) is 25.1 Å². The summed E-state index contributed by atoms with van der Waals surface area (Å²) in [4.78, 5) is 20.9. The molecule has 8 nitrogen and oxygen atoms in total. The van der Waals surface area contributed by atoms with Gasteiger partial charge >= 0.3 is 0 Å². The minimum absolute atomic E-state index is 0.192. The maximum atomic E-state index is 13.8. The van der Waals surface area contributed by atoms with Crippen LogP contribution in [0.25, 0.3) is 11.0 Å². The second-order valence-corrected chi connectivity index (χ2v) is 11.9. The van der Waals surface area contributed by atoms with Gasteiger partial charge in [-0.2, -0.15) is 5.10 Å². The third-order valence-electron chi connectivity index (χ3n) is 6.21. The van der Waals surface area contributed by atoms with Crippen LogP contribution in [0.2, 0.25) is 0 Å². The maximum Gasteiger partial charge on any atom is 0.270 e. The van der Waals surface area contributed by atoms with E-state index in [1.54, 1.807) is 19.3 Å². The molecule has 0 bridgehead atoms. The van der Waals surface area contributed by atoms with Crippen LogP contribution in [0.4, 0.5) is 8.78 Å². The second-order valence-electron chi connectivity index (χ2n) is 9.98. The molecule has 2 aromatic heterocycles. The summed E-state index contributed by atoms with van der Waals surface area (Å²) in [6.07, 6.45) is 3.20. The van der Waals surface area contributed by atoms with E-state index in [1.807, 2.05) is 39.0 Å². The van der Waals surface area contributed by atoms with Gasteiger partial charge in [0, 0.05) is 26.1 Å². The maximum absolute atomic E-state index is 13.8. The zero-order valence-corrected chi connectivity index (χ0v) is 21.0.